The van der Waals surface area contributed by atoms with Gasteiger partial charge in [-0.1, -0.05) is 24.3 Å². The van der Waals surface area contributed by atoms with E-state index < -0.39 is 24.1 Å². The molecule has 0 bridgehead atoms. The van der Waals surface area contributed by atoms with Crippen LogP contribution < -0.4 is 0 Å². The van der Waals surface area contributed by atoms with Gasteiger partial charge in [-0.15, -0.1) is 10.2 Å². The van der Waals surface area contributed by atoms with E-state index in [0.29, 0.717) is 22.4 Å². The number of aliphatic hydroxyl groups is 1. The lowest BCUT2D eigenvalue weighted by atomic mass is 9.97. The Morgan fingerprint density at radius 2 is 1.88 bits per heavy atom. The summed E-state index contributed by atoms with van der Waals surface area (Å²) in [6.07, 6.45) is -0.956. The Labute approximate surface area is 193 Å². The summed E-state index contributed by atoms with van der Waals surface area (Å²) in [4.78, 5) is 19.4. The van der Waals surface area contributed by atoms with E-state index in [1.807, 2.05) is 0 Å². The minimum atomic E-state index is -1.40. The van der Waals surface area contributed by atoms with E-state index in [1.54, 1.807) is 42.6 Å². The van der Waals surface area contributed by atoms with Gasteiger partial charge in [0.05, 0.1) is 5.69 Å². The summed E-state index contributed by atoms with van der Waals surface area (Å²) in [5, 5.41) is 18.8. The molecule has 34 heavy (non-hydrogen) atoms. The van der Waals surface area contributed by atoms with Crippen molar-refractivity contribution in [1.29, 1.82) is 0 Å². The molecule has 7 nitrogen and oxygen atoms in total. The number of pyridine rings is 1. The van der Waals surface area contributed by atoms with Gasteiger partial charge in [0, 0.05) is 23.9 Å². The third-order valence-electron chi connectivity index (χ3n) is 5.81. The molecule has 1 aliphatic heterocycles. The molecule has 2 aromatic heterocycles. The van der Waals surface area contributed by atoms with E-state index in [2.05, 4.69) is 15.2 Å². The van der Waals surface area contributed by atoms with Crippen LogP contribution in [-0.4, -0.2) is 31.1 Å². The zero-order valence-corrected chi connectivity index (χ0v) is 18.1. The van der Waals surface area contributed by atoms with Crippen molar-refractivity contribution in [3.63, 3.8) is 0 Å². The van der Waals surface area contributed by atoms with E-state index in [4.69, 9.17) is 4.42 Å². The molecule has 3 heterocycles. The van der Waals surface area contributed by atoms with Crippen LogP contribution in [0.1, 0.15) is 58.3 Å². The lowest BCUT2D eigenvalue weighted by molar-refractivity contribution is 0.0347. The van der Waals surface area contributed by atoms with Crippen molar-refractivity contribution in [2.24, 2.45) is 0 Å². The number of carbonyl (C=O) groups is 1. The minimum absolute atomic E-state index is 0.112. The monoisotopic (exact) mass is 462 g/mol. The number of hydrogen-bond acceptors (Lipinski definition) is 6. The quantitative estimate of drug-likeness (QED) is 0.445. The predicted molar refractivity (Wildman–Crippen MR) is 117 cm³/mol. The largest absolute Gasteiger partial charge is 0.418 e. The fraction of sp³-hybridized carbons (Fsp3) is 0.200. The average molecular weight is 462 g/mol. The minimum Gasteiger partial charge on any atom is -0.418 e. The molecule has 1 unspecified atom stereocenters. The van der Waals surface area contributed by atoms with Crippen LogP contribution in [0.2, 0.25) is 0 Å². The zero-order chi connectivity index (χ0) is 23.8. The smallest absolute Gasteiger partial charge is 0.255 e. The number of hydrogen-bond donors (Lipinski definition) is 1. The maximum atomic E-state index is 13.5. The van der Waals surface area contributed by atoms with E-state index in [1.165, 1.54) is 36.1 Å². The number of halogens is 2. The van der Waals surface area contributed by atoms with Crippen LogP contribution in [0, 0.1) is 5.82 Å². The normalized spacial score (nSPS) is 15.8. The van der Waals surface area contributed by atoms with Gasteiger partial charge in [0.25, 0.3) is 11.8 Å². The molecule has 0 saturated carbocycles. The van der Waals surface area contributed by atoms with Crippen LogP contribution in [0.25, 0.3) is 11.5 Å². The molecule has 1 amide bonds. The number of rotatable bonds is 6. The number of fused-ring (bicyclic) bond motifs is 1. The van der Waals surface area contributed by atoms with E-state index >= 15 is 0 Å². The Kier molecular flexibility index (Phi) is 5.62. The molecule has 0 aliphatic carbocycles. The van der Waals surface area contributed by atoms with Crippen molar-refractivity contribution in [1.82, 2.24) is 20.1 Å². The van der Waals surface area contributed by atoms with Crippen molar-refractivity contribution in [3.8, 4) is 11.5 Å². The second-order valence-electron chi connectivity index (χ2n) is 8.06. The maximum Gasteiger partial charge on any atom is 0.255 e. The highest BCUT2D eigenvalue weighted by molar-refractivity contribution is 5.99. The first-order valence-electron chi connectivity index (χ1n) is 10.7. The van der Waals surface area contributed by atoms with Crippen molar-refractivity contribution < 1.29 is 23.1 Å². The number of benzene rings is 2. The molecular formula is C25H20F2N4O3. The highest BCUT2D eigenvalue weighted by atomic mass is 19.1. The Morgan fingerprint density at radius 3 is 2.56 bits per heavy atom. The predicted octanol–water partition coefficient (Wildman–Crippen LogP) is 4.73. The number of alkyl halides is 1. The van der Waals surface area contributed by atoms with Crippen LogP contribution in [0.3, 0.4) is 0 Å². The fourth-order valence-electron chi connectivity index (χ4n) is 4.08. The fourth-order valence-corrected chi connectivity index (χ4v) is 4.08. The highest BCUT2D eigenvalue weighted by Gasteiger charge is 2.38. The number of amides is 1. The standard InChI is InChI=1S/C25H20F2N4O3/c1-14(26)23-29-30-24(34-23)16-5-6-17-13-31(25(33)19(17)12-16)21(20-4-2-3-11-28-20)22(32)15-7-9-18(27)10-8-15/h2-12,14,21-22,32H,13H2,1H3/t14?,21-,22+/m1/s1. The van der Waals surface area contributed by atoms with E-state index in [0.717, 1.165) is 5.56 Å². The van der Waals surface area contributed by atoms with Gasteiger partial charge >= 0.3 is 0 Å². The number of aromatic nitrogens is 3. The van der Waals surface area contributed by atoms with Gasteiger partial charge in [0.1, 0.15) is 18.0 Å². The first kappa shape index (κ1) is 21.8. The highest BCUT2D eigenvalue weighted by Crippen LogP contribution is 2.39. The van der Waals surface area contributed by atoms with Gasteiger partial charge in [-0.05, 0) is 54.4 Å². The van der Waals surface area contributed by atoms with Crippen molar-refractivity contribution >= 4 is 5.91 Å². The molecule has 5 rings (SSSR count). The first-order valence-corrected chi connectivity index (χ1v) is 10.7. The van der Waals surface area contributed by atoms with Crippen LogP contribution >= 0.6 is 0 Å². The van der Waals surface area contributed by atoms with Gasteiger partial charge in [0.15, 0.2) is 6.17 Å². The lowest BCUT2D eigenvalue weighted by Gasteiger charge is -2.31. The Morgan fingerprint density at radius 1 is 1.09 bits per heavy atom. The molecule has 1 aliphatic rings. The van der Waals surface area contributed by atoms with E-state index in [9.17, 15) is 18.7 Å². The van der Waals surface area contributed by atoms with E-state index in [-0.39, 0.29) is 24.2 Å². The molecule has 1 N–H and O–H groups in total. The van der Waals surface area contributed by atoms with Gasteiger partial charge < -0.3 is 14.4 Å². The molecule has 0 saturated heterocycles. The van der Waals surface area contributed by atoms with Crippen molar-refractivity contribution in [2.45, 2.75) is 31.8 Å². The molecular weight excluding hydrogens is 442 g/mol. The van der Waals surface area contributed by atoms with Gasteiger partial charge in [-0.3, -0.25) is 9.78 Å². The summed E-state index contributed by atoms with van der Waals surface area (Å²) in [5.41, 5.74) is 2.61. The summed E-state index contributed by atoms with van der Waals surface area (Å²) in [6, 6.07) is 15.1. The van der Waals surface area contributed by atoms with Crippen molar-refractivity contribution in [3.05, 3.63) is 101 Å². The molecule has 9 heteroatoms. The van der Waals surface area contributed by atoms with Gasteiger partial charge in [0.2, 0.25) is 5.89 Å². The molecule has 3 atom stereocenters. The molecule has 4 aromatic rings. The molecule has 2 aromatic carbocycles. The summed E-state index contributed by atoms with van der Waals surface area (Å²) in [6.45, 7) is 1.54. The number of aliphatic hydroxyl groups excluding tert-OH is 1. The zero-order valence-electron chi connectivity index (χ0n) is 18.1. The number of carbonyl (C=O) groups excluding carboxylic acids is 1. The van der Waals surface area contributed by atoms with Crippen molar-refractivity contribution in [2.75, 3.05) is 0 Å². The SMILES string of the molecule is CC(F)c1nnc(-c2ccc3c(c2)C(=O)N([C@H](c2ccccn2)[C@@H](O)c2ccc(F)cc2)C3)o1. The van der Waals surface area contributed by atoms with Crippen LogP contribution in [0.15, 0.2) is 71.3 Å². The Bertz CT molecular complexity index is 1330. The Balaban J connectivity index is 1.50. The maximum absolute atomic E-state index is 13.5. The van der Waals surface area contributed by atoms with Gasteiger partial charge in [-0.25, -0.2) is 8.78 Å². The average Bonchev–Trinajstić information content (AvgIpc) is 3.46. The third kappa shape index (κ3) is 3.94. The number of nitrogens with zero attached hydrogens (tertiary/aromatic N) is 4. The topological polar surface area (TPSA) is 92.4 Å². The van der Waals surface area contributed by atoms with Crippen LogP contribution in [-0.2, 0) is 6.54 Å². The third-order valence-corrected chi connectivity index (χ3v) is 5.81. The second kappa shape index (κ2) is 8.75. The summed E-state index contributed by atoms with van der Waals surface area (Å²) >= 11 is 0. The lowest BCUT2D eigenvalue weighted by Crippen LogP contribution is -2.34. The molecule has 0 fully saturated rings. The summed E-state index contributed by atoms with van der Waals surface area (Å²) in [5.74, 6) is -0.761. The Hall–Kier alpha value is -3.98. The van der Waals surface area contributed by atoms with Crippen LogP contribution in [0.5, 0.6) is 0 Å². The first-order chi connectivity index (χ1) is 16.4. The van der Waals surface area contributed by atoms with Crippen LogP contribution in [0.4, 0.5) is 8.78 Å². The van der Waals surface area contributed by atoms with Gasteiger partial charge in [-0.2, -0.15) is 0 Å². The summed E-state index contributed by atoms with van der Waals surface area (Å²) < 4.78 is 32.3. The molecule has 172 valence electrons. The summed E-state index contributed by atoms with van der Waals surface area (Å²) in [7, 11) is 0. The molecule has 0 spiro atoms. The second-order valence-corrected chi connectivity index (χ2v) is 8.06. The molecule has 0 radical (unpaired) electrons.